The molecule has 2 rings (SSSR count). The van der Waals surface area contributed by atoms with Crippen molar-refractivity contribution in [3.05, 3.63) is 59.9 Å². The third kappa shape index (κ3) is 5.05. The lowest BCUT2D eigenvalue weighted by Crippen LogP contribution is -2.25. The maximum atomic E-state index is 13.5. The second-order valence-corrected chi connectivity index (χ2v) is 7.75. The SMILES string of the molecule is CNS(=O)(=O)c1cccc(CNC(=O)CSc2ccccc2F)c1. The van der Waals surface area contributed by atoms with Crippen molar-refractivity contribution in [1.29, 1.82) is 0 Å². The Morgan fingerprint density at radius 2 is 1.92 bits per heavy atom. The largest absolute Gasteiger partial charge is 0.351 e. The number of nitrogens with one attached hydrogen (secondary N) is 2. The molecule has 1 amide bonds. The summed E-state index contributed by atoms with van der Waals surface area (Å²) in [5.41, 5.74) is 0.663. The van der Waals surface area contributed by atoms with E-state index in [1.807, 2.05) is 0 Å². The molecule has 5 nitrogen and oxygen atoms in total. The molecule has 2 N–H and O–H groups in total. The van der Waals surface area contributed by atoms with Crippen molar-refractivity contribution in [2.45, 2.75) is 16.3 Å². The van der Waals surface area contributed by atoms with E-state index in [1.165, 1.54) is 25.2 Å². The molecule has 0 unspecified atom stereocenters. The van der Waals surface area contributed by atoms with E-state index in [9.17, 15) is 17.6 Å². The van der Waals surface area contributed by atoms with Crippen LogP contribution < -0.4 is 10.0 Å². The van der Waals surface area contributed by atoms with Crippen LogP contribution in [0.15, 0.2) is 58.3 Å². The number of thioether (sulfide) groups is 1. The van der Waals surface area contributed by atoms with Crippen molar-refractivity contribution in [2.75, 3.05) is 12.8 Å². The van der Waals surface area contributed by atoms with Gasteiger partial charge in [0, 0.05) is 11.4 Å². The highest BCUT2D eigenvalue weighted by Crippen LogP contribution is 2.20. The third-order valence-electron chi connectivity index (χ3n) is 3.16. The summed E-state index contributed by atoms with van der Waals surface area (Å²) in [6, 6.07) is 12.6. The van der Waals surface area contributed by atoms with Crippen LogP contribution in [0, 0.1) is 5.82 Å². The molecule has 0 radical (unpaired) electrons. The molecule has 0 aliphatic carbocycles. The molecule has 0 spiro atoms. The summed E-state index contributed by atoms with van der Waals surface area (Å²) in [6.07, 6.45) is 0. The monoisotopic (exact) mass is 368 g/mol. The van der Waals surface area contributed by atoms with Gasteiger partial charge in [-0.15, -0.1) is 11.8 Å². The van der Waals surface area contributed by atoms with E-state index >= 15 is 0 Å². The quantitative estimate of drug-likeness (QED) is 0.735. The molecule has 0 bridgehead atoms. The van der Waals surface area contributed by atoms with E-state index in [4.69, 9.17) is 0 Å². The van der Waals surface area contributed by atoms with Gasteiger partial charge in [0.05, 0.1) is 10.6 Å². The van der Waals surface area contributed by atoms with Crippen LogP contribution in [0.5, 0.6) is 0 Å². The molecule has 0 fully saturated rings. The molecule has 0 aliphatic heterocycles. The molecule has 24 heavy (non-hydrogen) atoms. The first-order chi connectivity index (χ1) is 11.4. The second-order valence-electron chi connectivity index (χ2n) is 4.85. The predicted octanol–water partition coefficient (Wildman–Crippen LogP) is 2.14. The van der Waals surface area contributed by atoms with E-state index in [0.717, 1.165) is 11.8 Å². The van der Waals surface area contributed by atoms with Gasteiger partial charge in [0.1, 0.15) is 5.82 Å². The van der Waals surface area contributed by atoms with Crippen LogP contribution >= 0.6 is 11.8 Å². The average molecular weight is 368 g/mol. The molecule has 0 aliphatic rings. The molecule has 8 heteroatoms. The highest BCUT2D eigenvalue weighted by Gasteiger charge is 2.12. The molecule has 2 aromatic rings. The molecular formula is C16H17FN2O3S2. The Bertz CT molecular complexity index is 826. The van der Waals surface area contributed by atoms with Crippen molar-refractivity contribution in [2.24, 2.45) is 0 Å². The fourth-order valence-electron chi connectivity index (χ4n) is 1.90. The Balaban J connectivity index is 1.90. The summed E-state index contributed by atoms with van der Waals surface area (Å²) >= 11 is 1.11. The number of halogens is 1. The maximum absolute atomic E-state index is 13.5. The lowest BCUT2D eigenvalue weighted by Gasteiger charge is -2.08. The zero-order chi connectivity index (χ0) is 17.6. The summed E-state index contributed by atoms with van der Waals surface area (Å²) in [7, 11) is -2.18. The van der Waals surface area contributed by atoms with Gasteiger partial charge >= 0.3 is 0 Å². The van der Waals surface area contributed by atoms with Crippen molar-refractivity contribution >= 4 is 27.7 Å². The fourth-order valence-corrected chi connectivity index (χ4v) is 3.47. The standard InChI is InChI=1S/C16H17FN2O3S2/c1-18-24(21,22)13-6-4-5-12(9-13)10-19-16(20)11-23-15-8-3-2-7-14(15)17/h2-9,18H,10-11H2,1H3,(H,19,20). The summed E-state index contributed by atoms with van der Waals surface area (Å²) in [4.78, 5) is 12.4. The Kier molecular flexibility index (Phi) is 6.36. The zero-order valence-corrected chi connectivity index (χ0v) is 14.6. The number of hydrogen-bond donors (Lipinski definition) is 2. The van der Waals surface area contributed by atoms with Crippen LogP contribution in [0.4, 0.5) is 4.39 Å². The molecule has 0 atom stereocenters. The predicted molar refractivity (Wildman–Crippen MR) is 91.7 cm³/mol. The Labute approximate surface area is 144 Å². The zero-order valence-electron chi connectivity index (χ0n) is 13.0. The molecule has 0 saturated carbocycles. The van der Waals surface area contributed by atoms with Gasteiger partial charge in [0.2, 0.25) is 15.9 Å². The minimum atomic E-state index is -3.52. The fraction of sp³-hybridized carbons (Fsp3) is 0.188. The van der Waals surface area contributed by atoms with Crippen LogP contribution in [0.3, 0.4) is 0 Å². The summed E-state index contributed by atoms with van der Waals surface area (Å²) in [6.45, 7) is 0.198. The van der Waals surface area contributed by atoms with Crippen LogP contribution in [-0.4, -0.2) is 27.1 Å². The third-order valence-corrected chi connectivity index (χ3v) is 5.62. The summed E-state index contributed by atoms with van der Waals surface area (Å²) < 4.78 is 39.2. The van der Waals surface area contributed by atoms with E-state index in [0.29, 0.717) is 10.5 Å². The molecule has 0 saturated heterocycles. The van der Waals surface area contributed by atoms with E-state index < -0.39 is 10.0 Å². The number of sulfonamides is 1. The van der Waals surface area contributed by atoms with E-state index in [1.54, 1.807) is 30.3 Å². The number of amides is 1. The number of carbonyl (C=O) groups is 1. The Morgan fingerprint density at radius 3 is 2.62 bits per heavy atom. The van der Waals surface area contributed by atoms with Crippen molar-refractivity contribution in [3.8, 4) is 0 Å². The Hall–Kier alpha value is -1.90. The van der Waals surface area contributed by atoms with Gasteiger partial charge in [-0.3, -0.25) is 4.79 Å². The van der Waals surface area contributed by atoms with Crippen molar-refractivity contribution < 1.29 is 17.6 Å². The molecule has 2 aromatic carbocycles. The van der Waals surface area contributed by atoms with Crippen LogP contribution in [-0.2, 0) is 21.4 Å². The smallest absolute Gasteiger partial charge is 0.240 e. The normalized spacial score (nSPS) is 11.2. The van der Waals surface area contributed by atoms with Gasteiger partial charge < -0.3 is 5.32 Å². The van der Waals surface area contributed by atoms with Gasteiger partial charge in [-0.1, -0.05) is 24.3 Å². The first-order valence-electron chi connectivity index (χ1n) is 7.09. The summed E-state index contributed by atoms with van der Waals surface area (Å²) in [5.74, 6) is -0.541. The second kappa shape index (κ2) is 8.27. The van der Waals surface area contributed by atoms with Gasteiger partial charge in [-0.05, 0) is 36.9 Å². The molecule has 0 heterocycles. The lowest BCUT2D eigenvalue weighted by molar-refractivity contribution is -0.118. The minimum absolute atomic E-state index is 0.0788. The van der Waals surface area contributed by atoms with Gasteiger partial charge in [0.25, 0.3) is 0 Å². The lowest BCUT2D eigenvalue weighted by atomic mass is 10.2. The maximum Gasteiger partial charge on any atom is 0.240 e. The van der Waals surface area contributed by atoms with Crippen molar-refractivity contribution in [1.82, 2.24) is 10.0 Å². The Morgan fingerprint density at radius 1 is 1.17 bits per heavy atom. The van der Waals surface area contributed by atoms with Gasteiger partial charge in [-0.25, -0.2) is 17.5 Å². The molecule has 128 valence electrons. The molecular weight excluding hydrogens is 351 g/mol. The van der Waals surface area contributed by atoms with Crippen LogP contribution in [0.25, 0.3) is 0 Å². The van der Waals surface area contributed by atoms with Gasteiger partial charge in [-0.2, -0.15) is 0 Å². The first kappa shape index (κ1) is 18.4. The van der Waals surface area contributed by atoms with Crippen molar-refractivity contribution in [3.63, 3.8) is 0 Å². The van der Waals surface area contributed by atoms with E-state index in [2.05, 4.69) is 10.0 Å². The topological polar surface area (TPSA) is 75.3 Å². The van der Waals surface area contributed by atoms with Crippen LogP contribution in [0.2, 0.25) is 0 Å². The molecule has 0 aromatic heterocycles. The minimum Gasteiger partial charge on any atom is -0.351 e. The highest BCUT2D eigenvalue weighted by molar-refractivity contribution is 8.00. The highest BCUT2D eigenvalue weighted by atomic mass is 32.2. The number of rotatable bonds is 7. The number of hydrogen-bond acceptors (Lipinski definition) is 4. The first-order valence-corrected chi connectivity index (χ1v) is 9.56. The average Bonchev–Trinajstić information content (AvgIpc) is 2.59. The summed E-state index contributed by atoms with van der Waals surface area (Å²) in [5, 5.41) is 2.69. The van der Waals surface area contributed by atoms with Crippen LogP contribution in [0.1, 0.15) is 5.56 Å². The number of carbonyl (C=O) groups excluding carboxylic acids is 1. The van der Waals surface area contributed by atoms with E-state index in [-0.39, 0.29) is 28.9 Å². The van der Waals surface area contributed by atoms with Gasteiger partial charge in [0.15, 0.2) is 0 Å². The number of benzene rings is 2.